The Hall–Kier alpha value is -1.73. The number of rotatable bonds is 4. The molecule has 0 amide bonds. The van der Waals surface area contributed by atoms with Crippen molar-refractivity contribution in [3.05, 3.63) is 45.4 Å². The smallest absolute Gasteiger partial charge is 0.365 e. The highest BCUT2D eigenvalue weighted by Gasteiger charge is 2.20. The zero-order valence-corrected chi connectivity index (χ0v) is 12.6. The Balaban J connectivity index is 2.35. The minimum atomic E-state index is -3.53. The maximum atomic E-state index is 12.4. The zero-order chi connectivity index (χ0) is 14.9. The number of carboxylic acid groups (broad SMARTS) is 1. The predicted octanol–water partition coefficient (Wildman–Crippen LogP) is 2.43. The average molecular weight is 311 g/mol. The Morgan fingerprint density at radius 2 is 2.05 bits per heavy atom. The molecule has 0 saturated heterocycles. The Kier molecular flexibility index (Phi) is 3.92. The van der Waals surface area contributed by atoms with E-state index in [1.165, 1.54) is 5.38 Å². The highest BCUT2D eigenvalue weighted by molar-refractivity contribution is 7.90. The monoisotopic (exact) mass is 311 g/mol. The van der Waals surface area contributed by atoms with E-state index in [4.69, 9.17) is 5.11 Å². The predicted molar refractivity (Wildman–Crippen MR) is 75.9 cm³/mol. The molecule has 1 aromatic heterocycles. The molecule has 0 aliphatic heterocycles. The van der Waals surface area contributed by atoms with Crippen LogP contribution in [0, 0.1) is 13.8 Å². The van der Waals surface area contributed by atoms with Gasteiger partial charge in [0.05, 0.1) is 16.3 Å². The number of carboxylic acids is 1. The quantitative estimate of drug-likeness (QED) is 0.937. The molecule has 0 aliphatic carbocycles. The van der Waals surface area contributed by atoms with Crippen LogP contribution in [-0.2, 0) is 15.6 Å². The summed E-state index contributed by atoms with van der Waals surface area (Å²) >= 11 is 0.926. The minimum absolute atomic E-state index is 0.101. The molecule has 0 saturated carbocycles. The van der Waals surface area contributed by atoms with Crippen molar-refractivity contribution in [3.8, 4) is 0 Å². The van der Waals surface area contributed by atoms with E-state index in [1.54, 1.807) is 19.1 Å². The number of hydrogen-bond acceptors (Lipinski definition) is 5. The third-order valence-electron chi connectivity index (χ3n) is 2.75. The van der Waals surface area contributed by atoms with Gasteiger partial charge in [0.2, 0.25) is 5.01 Å². The Morgan fingerprint density at radius 1 is 1.35 bits per heavy atom. The van der Waals surface area contributed by atoms with E-state index < -0.39 is 15.8 Å². The van der Waals surface area contributed by atoms with Gasteiger partial charge < -0.3 is 5.11 Å². The summed E-state index contributed by atoms with van der Waals surface area (Å²) in [7, 11) is -3.53. The Bertz CT molecular complexity index is 762. The van der Waals surface area contributed by atoms with Crippen LogP contribution in [0.4, 0.5) is 0 Å². The Labute approximate surface area is 120 Å². The summed E-state index contributed by atoms with van der Waals surface area (Å²) in [4.78, 5) is 14.8. The van der Waals surface area contributed by atoms with Gasteiger partial charge in [-0.05, 0) is 31.0 Å². The van der Waals surface area contributed by atoms with Gasteiger partial charge in [-0.1, -0.05) is 12.1 Å². The van der Waals surface area contributed by atoms with Crippen LogP contribution < -0.4 is 0 Å². The van der Waals surface area contributed by atoms with Crippen molar-refractivity contribution < 1.29 is 18.3 Å². The molecule has 2 rings (SSSR count). The van der Waals surface area contributed by atoms with Crippen LogP contribution in [0.25, 0.3) is 0 Å². The molecule has 0 spiro atoms. The first kappa shape index (κ1) is 14.7. The van der Waals surface area contributed by atoms with Gasteiger partial charge in [0.15, 0.2) is 9.84 Å². The molecule has 0 aliphatic rings. The van der Waals surface area contributed by atoms with Gasteiger partial charge in [-0.3, -0.25) is 0 Å². The molecule has 7 heteroatoms. The van der Waals surface area contributed by atoms with Crippen LogP contribution in [0.2, 0.25) is 0 Å². The third-order valence-corrected chi connectivity index (χ3v) is 5.42. The van der Waals surface area contributed by atoms with Gasteiger partial charge in [-0.25, -0.2) is 18.2 Å². The Morgan fingerprint density at radius 3 is 2.65 bits per heavy atom. The summed E-state index contributed by atoms with van der Waals surface area (Å²) in [6, 6.07) is 5.22. The van der Waals surface area contributed by atoms with Crippen molar-refractivity contribution in [1.82, 2.24) is 4.98 Å². The van der Waals surface area contributed by atoms with E-state index in [9.17, 15) is 13.2 Å². The van der Waals surface area contributed by atoms with Gasteiger partial charge in [-0.2, -0.15) is 0 Å². The van der Waals surface area contributed by atoms with Crippen molar-refractivity contribution in [2.24, 2.45) is 0 Å². The highest BCUT2D eigenvalue weighted by atomic mass is 32.2. The first-order valence-electron chi connectivity index (χ1n) is 5.77. The van der Waals surface area contributed by atoms with Crippen LogP contribution in [0.1, 0.15) is 26.6 Å². The lowest BCUT2D eigenvalue weighted by atomic mass is 10.2. The maximum absolute atomic E-state index is 12.4. The van der Waals surface area contributed by atoms with Crippen LogP contribution in [0.15, 0.2) is 28.5 Å². The number of aromatic nitrogens is 1. The van der Waals surface area contributed by atoms with Gasteiger partial charge in [0.1, 0.15) is 0 Å². The van der Waals surface area contributed by atoms with Crippen molar-refractivity contribution in [2.75, 3.05) is 0 Å². The van der Waals surface area contributed by atoms with Crippen LogP contribution >= 0.6 is 11.3 Å². The molecule has 5 nitrogen and oxygen atoms in total. The number of hydrogen-bond donors (Lipinski definition) is 1. The normalized spacial score (nSPS) is 11.5. The number of benzene rings is 1. The van der Waals surface area contributed by atoms with Crippen LogP contribution in [0.5, 0.6) is 0 Å². The molecular formula is C13H13NO4S2. The molecule has 1 N–H and O–H groups in total. The van der Waals surface area contributed by atoms with Crippen molar-refractivity contribution in [1.29, 1.82) is 0 Å². The van der Waals surface area contributed by atoms with Gasteiger partial charge in [0.25, 0.3) is 0 Å². The van der Waals surface area contributed by atoms with E-state index in [1.807, 2.05) is 13.0 Å². The molecule has 20 heavy (non-hydrogen) atoms. The fourth-order valence-corrected chi connectivity index (χ4v) is 4.16. The number of carbonyl (C=O) groups is 1. The lowest BCUT2D eigenvalue weighted by Gasteiger charge is -2.07. The summed E-state index contributed by atoms with van der Waals surface area (Å²) in [5.41, 5.74) is 1.79. The van der Waals surface area contributed by atoms with Gasteiger partial charge in [0, 0.05) is 5.38 Å². The topological polar surface area (TPSA) is 84.3 Å². The molecule has 1 heterocycles. The largest absolute Gasteiger partial charge is 0.476 e. The van der Waals surface area contributed by atoms with E-state index in [2.05, 4.69) is 4.98 Å². The summed E-state index contributed by atoms with van der Waals surface area (Å²) in [6.45, 7) is 3.56. The highest BCUT2D eigenvalue weighted by Crippen LogP contribution is 2.22. The molecule has 0 unspecified atom stereocenters. The fraction of sp³-hybridized carbons (Fsp3) is 0.231. The zero-order valence-electron chi connectivity index (χ0n) is 11.0. The number of aromatic carboxylic acids is 1. The van der Waals surface area contributed by atoms with Crippen LogP contribution in [-0.4, -0.2) is 24.5 Å². The van der Waals surface area contributed by atoms with Gasteiger partial charge in [-0.15, -0.1) is 11.3 Å². The second-order valence-corrected chi connectivity index (χ2v) is 7.29. The van der Waals surface area contributed by atoms with Crippen molar-refractivity contribution >= 4 is 27.1 Å². The molecule has 2 aromatic rings. The van der Waals surface area contributed by atoms with Crippen LogP contribution in [0.3, 0.4) is 0 Å². The number of aryl methyl sites for hydroxylation is 2. The minimum Gasteiger partial charge on any atom is -0.476 e. The number of nitrogens with zero attached hydrogens (tertiary/aromatic N) is 1. The van der Waals surface area contributed by atoms with E-state index in [-0.39, 0.29) is 21.3 Å². The van der Waals surface area contributed by atoms with Crippen molar-refractivity contribution in [3.63, 3.8) is 0 Å². The summed E-state index contributed by atoms with van der Waals surface area (Å²) < 4.78 is 24.7. The molecule has 0 fully saturated rings. The van der Waals surface area contributed by atoms with Gasteiger partial charge >= 0.3 is 5.97 Å². The number of thiazole rings is 1. The molecule has 0 atom stereocenters. The third kappa shape index (κ3) is 3.05. The number of sulfone groups is 1. The summed E-state index contributed by atoms with van der Waals surface area (Å²) in [5, 5.41) is 10.2. The lowest BCUT2D eigenvalue weighted by Crippen LogP contribution is -2.08. The average Bonchev–Trinajstić information content (AvgIpc) is 2.80. The van der Waals surface area contributed by atoms with E-state index in [0.29, 0.717) is 5.56 Å². The standard InChI is InChI=1S/C13H13NO4S2/c1-8-3-4-9(2)11(5-8)20(17,18)7-10-6-19-12(14-10)13(15)16/h3-6H,7H2,1-2H3,(H,15,16). The molecule has 0 radical (unpaired) electrons. The van der Waals surface area contributed by atoms with Crippen molar-refractivity contribution in [2.45, 2.75) is 24.5 Å². The lowest BCUT2D eigenvalue weighted by molar-refractivity contribution is 0.0696. The molecule has 106 valence electrons. The summed E-state index contributed by atoms with van der Waals surface area (Å²) in [6.07, 6.45) is 0. The second kappa shape index (κ2) is 5.34. The molecular weight excluding hydrogens is 298 g/mol. The van der Waals surface area contributed by atoms with E-state index >= 15 is 0 Å². The van der Waals surface area contributed by atoms with E-state index in [0.717, 1.165) is 16.9 Å². The summed E-state index contributed by atoms with van der Waals surface area (Å²) in [5.74, 6) is -1.44. The molecule has 0 bridgehead atoms. The fourth-order valence-electron chi connectivity index (χ4n) is 1.79. The first-order chi connectivity index (χ1) is 9.29. The molecule has 1 aromatic carbocycles. The SMILES string of the molecule is Cc1ccc(C)c(S(=O)(=O)Cc2csc(C(=O)O)n2)c1. The second-order valence-electron chi connectivity index (χ2n) is 4.48. The first-order valence-corrected chi connectivity index (χ1v) is 8.30. The maximum Gasteiger partial charge on any atom is 0.365 e.